The number of carbonyl (C=O) groups is 2. The van der Waals surface area contributed by atoms with Crippen LogP contribution in [0.25, 0.3) is 5.57 Å². The summed E-state index contributed by atoms with van der Waals surface area (Å²) in [5.41, 5.74) is 1.37. The molecule has 0 saturated carbocycles. The van der Waals surface area contributed by atoms with Crippen molar-refractivity contribution in [2.75, 3.05) is 18.4 Å². The van der Waals surface area contributed by atoms with E-state index in [0.717, 1.165) is 28.9 Å². The van der Waals surface area contributed by atoms with E-state index in [-0.39, 0.29) is 42.2 Å². The van der Waals surface area contributed by atoms with E-state index in [1.165, 1.54) is 6.07 Å². The number of hydrogen-bond acceptors (Lipinski definition) is 4. The Balaban J connectivity index is 1.28. The van der Waals surface area contributed by atoms with Crippen LogP contribution in [-0.4, -0.2) is 50.8 Å². The second-order valence-electron chi connectivity index (χ2n) is 8.13. The van der Waals surface area contributed by atoms with Gasteiger partial charge in [0.05, 0.1) is 18.3 Å². The lowest BCUT2D eigenvalue weighted by atomic mass is 9.97. The van der Waals surface area contributed by atoms with Gasteiger partial charge < -0.3 is 15.1 Å². The van der Waals surface area contributed by atoms with Gasteiger partial charge in [-0.2, -0.15) is 13.2 Å². The number of hydrogen-bond donors (Lipinski definition) is 1. The number of alkyl halides is 3. The van der Waals surface area contributed by atoms with E-state index in [1.807, 2.05) is 0 Å². The normalized spacial score (nSPS) is 21.7. The van der Waals surface area contributed by atoms with E-state index in [4.69, 9.17) is 0 Å². The summed E-state index contributed by atoms with van der Waals surface area (Å²) in [6.07, 6.45) is 0.00573. The van der Waals surface area contributed by atoms with Gasteiger partial charge in [0.25, 0.3) is 0 Å². The summed E-state index contributed by atoms with van der Waals surface area (Å²) in [5, 5.41) is 2.46. The Bertz CT molecular complexity index is 1180. The Morgan fingerprint density at radius 2 is 1.91 bits per heavy atom. The van der Waals surface area contributed by atoms with Gasteiger partial charge in [-0.1, -0.05) is 6.08 Å². The number of amides is 3. The Morgan fingerprint density at radius 3 is 2.55 bits per heavy atom. The molecule has 12 heteroatoms. The summed E-state index contributed by atoms with van der Waals surface area (Å²) >= 11 is 0. The topological polar surface area (TPSA) is 78.4 Å². The van der Waals surface area contributed by atoms with Crippen molar-refractivity contribution in [2.24, 2.45) is 5.92 Å². The van der Waals surface area contributed by atoms with Gasteiger partial charge >= 0.3 is 12.2 Å². The molecule has 2 atom stereocenters. The molecule has 3 amide bonds. The molecule has 2 bridgehead atoms. The number of halogens is 5. The van der Waals surface area contributed by atoms with Gasteiger partial charge in [0.2, 0.25) is 11.7 Å². The average Bonchev–Trinajstić information content (AvgIpc) is 3.38. The van der Waals surface area contributed by atoms with E-state index in [9.17, 15) is 31.5 Å². The van der Waals surface area contributed by atoms with Crippen LogP contribution in [0.1, 0.15) is 23.4 Å². The lowest BCUT2D eigenvalue weighted by Gasteiger charge is -2.32. The number of fused-ring (bicyclic) bond motifs is 3. The van der Waals surface area contributed by atoms with E-state index in [0.29, 0.717) is 18.5 Å². The molecule has 1 saturated heterocycles. The fourth-order valence-corrected chi connectivity index (χ4v) is 4.54. The molecule has 0 radical (unpaired) electrons. The molecular weight excluding hydrogens is 449 g/mol. The Kier molecular flexibility index (Phi) is 4.83. The molecule has 1 N–H and O–H groups in total. The van der Waals surface area contributed by atoms with Gasteiger partial charge in [-0.15, -0.1) is 0 Å². The molecule has 1 aromatic heterocycles. The van der Waals surface area contributed by atoms with Crippen LogP contribution < -0.4 is 5.32 Å². The smallest absolute Gasteiger partial charge is 0.334 e. The van der Waals surface area contributed by atoms with E-state index in [1.54, 1.807) is 11.0 Å². The van der Waals surface area contributed by atoms with Gasteiger partial charge in [0, 0.05) is 36.0 Å². The minimum absolute atomic E-state index is 0.0326. The standard InChI is InChI=1S/C21H16F5N5O2/c22-15-1-2-16-14(18(15)23)8-30(20(33)29-16)9-17(32)31-7-10-3-12(31)4-13(10)11-5-27-19(28-6-11)21(24,25)26/h1-2,4-6,10,12H,3,7-9H2,(H,29,33)/t10-,12-/m0/s1. The zero-order chi connectivity index (χ0) is 23.5. The number of anilines is 1. The molecule has 0 unspecified atom stereocenters. The van der Waals surface area contributed by atoms with Crippen LogP contribution in [0.15, 0.2) is 30.6 Å². The SMILES string of the molecule is O=C1Nc2ccc(F)c(F)c2CN1CC(=O)N1C[C@@H]2C[C@H]1C=C2c1cnc(C(F)(F)F)nc1. The number of likely N-dealkylation sites (tertiary alicyclic amines) is 1. The number of nitrogens with zero attached hydrogens (tertiary/aromatic N) is 4. The summed E-state index contributed by atoms with van der Waals surface area (Å²) < 4.78 is 65.7. The third kappa shape index (κ3) is 3.68. The Labute approximate surface area is 183 Å². The quantitative estimate of drug-likeness (QED) is 0.705. The number of carbonyl (C=O) groups excluding carboxylic acids is 2. The minimum atomic E-state index is -4.62. The third-order valence-corrected chi connectivity index (χ3v) is 6.11. The summed E-state index contributed by atoms with van der Waals surface area (Å²) in [4.78, 5) is 34.6. The zero-order valence-corrected chi connectivity index (χ0v) is 16.9. The van der Waals surface area contributed by atoms with Crippen LogP contribution in [0.4, 0.5) is 32.4 Å². The highest BCUT2D eigenvalue weighted by atomic mass is 19.4. The van der Waals surface area contributed by atoms with Crippen LogP contribution in [-0.2, 0) is 17.5 Å². The first-order valence-corrected chi connectivity index (χ1v) is 10.1. The van der Waals surface area contributed by atoms with Crippen molar-refractivity contribution in [1.29, 1.82) is 0 Å². The maximum absolute atomic E-state index is 14.1. The number of benzene rings is 1. The molecule has 2 aliphatic heterocycles. The monoisotopic (exact) mass is 465 g/mol. The van der Waals surface area contributed by atoms with Gasteiger partial charge in [0.15, 0.2) is 11.6 Å². The first kappa shape index (κ1) is 21.3. The van der Waals surface area contributed by atoms with Crippen LogP contribution >= 0.6 is 0 Å². The van der Waals surface area contributed by atoms with Crippen molar-refractivity contribution in [3.05, 3.63) is 59.2 Å². The summed E-state index contributed by atoms with van der Waals surface area (Å²) in [6.45, 7) is -0.245. The maximum atomic E-state index is 14.1. The highest BCUT2D eigenvalue weighted by Crippen LogP contribution is 2.42. The van der Waals surface area contributed by atoms with E-state index in [2.05, 4.69) is 15.3 Å². The number of aromatic nitrogens is 2. The van der Waals surface area contributed by atoms with Crippen molar-refractivity contribution >= 4 is 23.2 Å². The lowest BCUT2D eigenvalue weighted by Crippen LogP contribution is -2.47. The molecule has 1 aliphatic carbocycles. The second-order valence-corrected chi connectivity index (χ2v) is 8.13. The van der Waals surface area contributed by atoms with Crippen LogP contribution in [0.3, 0.4) is 0 Å². The number of nitrogens with one attached hydrogen (secondary N) is 1. The van der Waals surface area contributed by atoms with Crippen LogP contribution in [0.2, 0.25) is 0 Å². The molecule has 3 heterocycles. The van der Waals surface area contributed by atoms with Gasteiger partial charge in [-0.25, -0.2) is 23.5 Å². The summed E-state index contributed by atoms with van der Waals surface area (Å²) in [6, 6.07) is 1.31. The van der Waals surface area contributed by atoms with Crippen molar-refractivity contribution < 1.29 is 31.5 Å². The lowest BCUT2D eigenvalue weighted by molar-refractivity contribution is -0.145. The van der Waals surface area contributed by atoms with Crippen molar-refractivity contribution in [2.45, 2.75) is 25.2 Å². The van der Waals surface area contributed by atoms with Crippen molar-refractivity contribution in [1.82, 2.24) is 19.8 Å². The second kappa shape index (κ2) is 7.49. The molecule has 3 aliphatic rings. The molecule has 1 fully saturated rings. The van der Waals surface area contributed by atoms with Crippen LogP contribution in [0, 0.1) is 17.6 Å². The molecular formula is C21H16F5N5O2. The van der Waals surface area contributed by atoms with Gasteiger partial charge in [-0.05, 0) is 24.1 Å². The first-order valence-electron chi connectivity index (χ1n) is 10.1. The molecule has 5 rings (SSSR count). The Morgan fingerprint density at radius 1 is 1.18 bits per heavy atom. The van der Waals surface area contributed by atoms with Crippen molar-refractivity contribution in [3.63, 3.8) is 0 Å². The van der Waals surface area contributed by atoms with Crippen molar-refractivity contribution in [3.8, 4) is 0 Å². The summed E-state index contributed by atoms with van der Waals surface area (Å²) in [7, 11) is 0. The third-order valence-electron chi connectivity index (χ3n) is 6.11. The maximum Gasteiger partial charge on any atom is 0.451 e. The fraction of sp³-hybridized carbons (Fsp3) is 0.333. The molecule has 2 aromatic rings. The molecule has 172 valence electrons. The zero-order valence-electron chi connectivity index (χ0n) is 16.9. The van der Waals surface area contributed by atoms with Gasteiger partial charge in [0.1, 0.15) is 6.54 Å². The molecule has 33 heavy (non-hydrogen) atoms. The van der Waals surface area contributed by atoms with E-state index < -0.39 is 29.7 Å². The predicted octanol–water partition coefficient (Wildman–Crippen LogP) is 3.44. The highest BCUT2D eigenvalue weighted by molar-refractivity contribution is 5.95. The highest BCUT2D eigenvalue weighted by Gasteiger charge is 2.43. The number of urea groups is 1. The van der Waals surface area contributed by atoms with Gasteiger partial charge in [-0.3, -0.25) is 4.79 Å². The minimum Gasteiger partial charge on any atom is -0.334 e. The number of rotatable bonds is 3. The first-order chi connectivity index (χ1) is 15.6. The molecule has 0 spiro atoms. The average molecular weight is 465 g/mol. The molecule has 1 aromatic carbocycles. The largest absolute Gasteiger partial charge is 0.451 e. The van der Waals surface area contributed by atoms with Crippen LogP contribution in [0.5, 0.6) is 0 Å². The fourth-order valence-electron chi connectivity index (χ4n) is 4.54. The Hall–Kier alpha value is -3.57. The molecule has 7 nitrogen and oxygen atoms in total. The predicted molar refractivity (Wildman–Crippen MR) is 104 cm³/mol. The van der Waals surface area contributed by atoms with E-state index >= 15 is 0 Å². The summed E-state index contributed by atoms with van der Waals surface area (Å²) in [5.74, 6) is -3.79.